The summed E-state index contributed by atoms with van der Waals surface area (Å²) >= 11 is -4.89. The van der Waals surface area contributed by atoms with Crippen molar-refractivity contribution in [2.24, 2.45) is 0 Å². The quantitative estimate of drug-likeness (QED) is 0.654. The van der Waals surface area contributed by atoms with Gasteiger partial charge >= 0.3 is 84.1 Å². The van der Waals surface area contributed by atoms with Crippen LogP contribution in [-0.4, -0.2) is 37.0 Å². The molecule has 0 spiro atoms. The average molecular weight is 280 g/mol. The van der Waals surface area contributed by atoms with E-state index >= 15 is 0 Å². The van der Waals surface area contributed by atoms with Crippen molar-refractivity contribution in [3.63, 3.8) is 0 Å². The summed E-state index contributed by atoms with van der Waals surface area (Å²) in [7, 11) is -3.31. The summed E-state index contributed by atoms with van der Waals surface area (Å²) in [6, 6.07) is 4.64. The molecule has 5 nitrogen and oxygen atoms in total. The normalized spacial score (nSPS) is 12.8. The Morgan fingerprint density at radius 1 is 1.14 bits per heavy atom. The van der Waals surface area contributed by atoms with E-state index in [4.69, 9.17) is 8.19 Å². The van der Waals surface area contributed by atoms with Gasteiger partial charge in [-0.1, -0.05) is 0 Å². The van der Waals surface area contributed by atoms with Crippen molar-refractivity contribution in [2.45, 2.75) is 4.90 Å². The predicted octanol–water partition coefficient (Wildman–Crippen LogP) is -1.35. The van der Waals surface area contributed by atoms with Crippen LogP contribution in [0.2, 0.25) is 0 Å². The molecule has 0 aliphatic heterocycles. The van der Waals surface area contributed by atoms with Crippen LogP contribution in [0.25, 0.3) is 0 Å². The van der Waals surface area contributed by atoms with Crippen LogP contribution in [0.5, 0.6) is 0 Å². The Balaban J connectivity index is 3.21. The topological polar surface area (TPSA) is 91.7 Å². The van der Waals surface area contributed by atoms with E-state index in [1.165, 1.54) is 12.1 Å². The molecule has 0 aromatic heterocycles. The van der Waals surface area contributed by atoms with Gasteiger partial charge in [0, 0.05) is 0 Å². The molecule has 1 rings (SSSR count). The Hall–Kier alpha value is -0.552. The fraction of sp³-hybridized carbons (Fsp3) is 0.143. The van der Waals surface area contributed by atoms with Crippen LogP contribution in [0, 0.1) is 0 Å². The van der Waals surface area contributed by atoms with E-state index < -0.39 is 24.0 Å². The van der Waals surface area contributed by atoms with E-state index in [2.05, 4.69) is 0 Å². The number of hydrogen-bond acceptors (Lipinski definition) is 3. The standard InChI is InChI=1S/C7H9AsO5S/c1-14(12,13)7-4-2-6(3-5-7)8(9,10)11/h2-5H,1H3,(H2,9,10,11). The minimum absolute atomic E-state index is 0.0465. The van der Waals surface area contributed by atoms with Gasteiger partial charge in [-0.3, -0.25) is 0 Å². The molecule has 0 fully saturated rings. The van der Waals surface area contributed by atoms with Crippen molar-refractivity contribution in [1.82, 2.24) is 0 Å². The minimum atomic E-state index is -4.89. The Kier molecular flexibility index (Phi) is 2.92. The van der Waals surface area contributed by atoms with Gasteiger partial charge in [-0.05, 0) is 0 Å². The molecule has 0 aliphatic rings. The summed E-state index contributed by atoms with van der Waals surface area (Å²) < 4.78 is 50.3. The summed E-state index contributed by atoms with van der Waals surface area (Å²) in [5, 5.41) is 0. The molecule has 0 amide bonds. The van der Waals surface area contributed by atoms with Gasteiger partial charge < -0.3 is 0 Å². The number of sulfone groups is 1. The fourth-order valence-electron chi connectivity index (χ4n) is 0.888. The van der Waals surface area contributed by atoms with E-state index in [9.17, 15) is 12.2 Å². The third-order valence-corrected chi connectivity index (χ3v) is 4.77. The average Bonchev–Trinajstić information content (AvgIpc) is 2.01. The molecule has 7 heteroatoms. The van der Waals surface area contributed by atoms with E-state index in [1.54, 1.807) is 0 Å². The maximum atomic E-state index is 11.0. The third kappa shape index (κ3) is 2.72. The third-order valence-electron chi connectivity index (χ3n) is 1.60. The van der Waals surface area contributed by atoms with Crippen molar-refractivity contribution >= 4 is 28.4 Å². The molecule has 14 heavy (non-hydrogen) atoms. The van der Waals surface area contributed by atoms with E-state index in [-0.39, 0.29) is 9.25 Å². The monoisotopic (exact) mass is 280 g/mol. The SMILES string of the molecule is CS(=O)(=O)c1ccc([As](=O)(O)O)cc1. The van der Waals surface area contributed by atoms with Crippen molar-refractivity contribution in [3.05, 3.63) is 24.3 Å². The zero-order valence-electron chi connectivity index (χ0n) is 7.28. The molecule has 0 saturated heterocycles. The van der Waals surface area contributed by atoms with Crippen molar-refractivity contribution in [3.8, 4) is 0 Å². The summed E-state index contributed by atoms with van der Waals surface area (Å²) in [6.07, 6.45) is 1.03. The van der Waals surface area contributed by atoms with Gasteiger partial charge in [0.25, 0.3) is 0 Å². The van der Waals surface area contributed by atoms with Gasteiger partial charge in [-0.25, -0.2) is 0 Å². The van der Waals surface area contributed by atoms with Gasteiger partial charge in [-0.15, -0.1) is 0 Å². The first-order valence-electron chi connectivity index (χ1n) is 3.57. The summed E-state index contributed by atoms with van der Waals surface area (Å²) in [6.45, 7) is 0. The molecule has 2 N–H and O–H groups in total. The van der Waals surface area contributed by atoms with Crippen LogP contribution in [0.4, 0.5) is 0 Å². The second-order valence-electron chi connectivity index (χ2n) is 2.81. The molecule has 0 atom stereocenters. The van der Waals surface area contributed by atoms with E-state index in [0.29, 0.717) is 0 Å². The molecule has 0 unspecified atom stereocenters. The zero-order chi connectivity index (χ0) is 11.0. The molecule has 1 aromatic carbocycles. The number of hydrogen-bond donors (Lipinski definition) is 2. The van der Waals surface area contributed by atoms with Crippen LogP contribution in [0.3, 0.4) is 0 Å². The van der Waals surface area contributed by atoms with Crippen molar-refractivity contribution in [2.75, 3.05) is 6.26 Å². The van der Waals surface area contributed by atoms with Gasteiger partial charge in [0.2, 0.25) is 0 Å². The Labute approximate surface area is 84.3 Å². The van der Waals surface area contributed by atoms with Crippen LogP contribution in [0.1, 0.15) is 0 Å². The number of benzene rings is 1. The van der Waals surface area contributed by atoms with Gasteiger partial charge in [0.1, 0.15) is 0 Å². The van der Waals surface area contributed by atoms with Crippen LogP contribution < -0.4 is 4.35 Å². The van der Waals surface area contributed by atoms with Crippen molar-refractivity contribution in [1.29, 1.82) is 0 Å². The summed E-state index contributed by atoms with van der Waals surface area (Å²) in [5.74, 6) is 0. The fourth-order valence-corrected chi connectivity index (χ4v) is 2.65. The first-order chi connectivity index (χ1) is 6.21. The summed E-state index contributed by atoms with van der Waals surface area (Å²) in [4.78, 5) is 0.0465. The first-order valence-corrected chi connectivity index (χ1v) is 8.85. The Bertz CT molecular complexity index is 469. The summed E-state index contributed by atoms with van der Waals surface area (Å²) in [5.41, 5.74) is 0. The second kappa shape index (κ2) is 3.55. The van der Waals surface area contributed by atoms with Gasteiger partial charge in [0.15, 0.2) is 0 Å². The first kappa shape index (κ1) is 11.5. The molecule has 0 saturated carbocycles. The molecule has 0 heterocycles. The predicted molar refractivity (Wildman–Crippen MR) is 50.1 cm³/mol. The number of rotatable bonds is 2. The molecular weight excluding hydrogens is 271 g/mol. The second-order valence-corrected chi connectivity index (χ2v) is 8.19. The Morgan fingerprint density at radius 2 is 1.57 bits per heavy atom. The van der Waals surface area contributed by atoms with E-state index in [0.717, 1.165) is 18.4 Å². The van der Waals surface area contributed by atoms with Crippen LogP contribution in [0.15, 0.2) is 29.2 Å². The molecule has 1 aromatic rings. The molecule has 0 bridgehead atoms. The molecular formula is C7H9AsO5S. The van der Waals surface area contributed by atoms with Crippen molar-refractivity contribution < 1.29 is 20.3 Å². The molecule has 78 valence electrons. The van der Waals surface area contributed by atoms with Gasteiger partial charge in [-0.2, -0.15) is 0 Å². The molecule has 0 aliphatic carbocycles. The zero-order valence-corrected chi connectivity index (χ0v) is 9.98. The van der Waals surface area contributed by atoms with E-state index in [1.807, 2.05) is 0 Å². The molecule has 0 radical (unpaired) electrons. The van der Waals surface area contributed by atoms with Crippen LogP contribution in [-0.2, 0) is 13.6 Å². The van der Waals surface area contributed by atoms with Crippen LogP contribution >= 0.6 is 0 Å². The maximum absolute atomic E-state index is 11.0. The van der Waals surface area contributed by atoms with Gasteiger partial charge in [0.05, 0.1) is 0 Å². The Morgan fingerprint density at radius 3 is 1.86 bits per heavy atom.